The molecule has 0 radical (unpaired) electrons. The van der Waals surface area contributed by atoms with E-state index >= 15 is 0 Å². The van der Waals surface area contributed by atoms with Gasteiger partial charge in [0.15, 0.2) is 0 Å². The van der Waals surface area contributed by atoms with Crippen LogP contribution in [0.25, 0.3) is 0 Å². The lowest BCUT2D eigenvalue weighted by atomic mass is 9.46. The van der Waals surface area contributed by atoms with Gasteiger partial charge in [0.25, 0.3) is 0 Å². The largest absolute Gasteiger partial charge is 0.392 e. The van der Waals surface area contributed by atoms with Crippen LogP contribution in [0, 0.1) is 28.6 Å². The molecule has 3 aliphatic carbocycles. The lowest BCUT2D eigenvalue weighted by Crippen LogP contribution is -2.51. The number of hydrogen-bond acceptors (Lipinski definition) is 1. The van der Waals surface area contributed by atoms with Crippen LogP contribution in [0.15, 0.2) is 11.6 Å². The fraction of sp³-hybridized carbons (Fsp3) is 0.895. The number of aliphatic hydroxyl groups is 1. The second-order valence-electron chi connectivity index (χ2n) is 8.64. The molecular formula is C19H32O. The quantitative estimate of drug-likeness (QED) is 0.672. The summed E-state index contributed by atoms with van der Waals surface area (Å²) in [5.74, 6) is 2.68. The molecule has 3 aliphatic rings. The third kappa shape index (κ3) is 2.26. The van der Waals surface area contributed by atoms with Gasteiger partial charge in [-0.2, -0.15) is 0 Å². The number of hydrogen-bond donors (Lipinski definition) is 1. The molecule has 20 heavy (non-hydrogen) atoms. The Kier molecular flexibility index (Phi) is 3.77. The SMILES string of the molecule is CC1(C)CCCC2(C)C3CC=C(CO)CCC3CCC12. The molecule has 1 N–H and O–H groups in total. The summed E-state index contributed by atoms with van der Waals surface area (Å²) in [6.07, 6.45) is 13.2. The first kappa shape index (κ1) is 14.6. The molecule has 0 aromatic carbocycles. The molecule has 0 bridgehead atoms. The smallest absolute Gasteiger partial charge is 0.0641 e. The third-order valence-corrected chi connectivity index (χ3v) is 7.22. The Bertz CT molecular complexity index is 395. The fourth-order valence-electron chi connectivity index (χ4n) is 6.17. The van der Waals surface area contributed by atoms with Crippen LogP contribution < -0.4 is 0 Å². The zero-order valence-corrected chi connectivity index (χ0v) is 13.6. The van der Waals surface area contributed by atoms with Crippen molar-refractivity contribution in [1.82, 2.24) is 0 Å². The van der Waals surface area contributed by atoms with E-state index in [9.17, 15) is 5.11 Å². The molecule has 0 heterocycles. The molecule has 3 rings (SSSR count). The van der Waals surface area contributed by atoms with Crippen molar-refractivity contribution in [1.29, 1.82) is 0 Å². The highest BCUT2D eigenvalue weighted by Gasteiger charge is 2.54. The van der Waals surface area contributed by atoms with Crippen LogP contribution in [0.1, 0.15) is 72.1 Å². The molecule has 0 amide bonds. The monoisotopic (exact) mass is 276 g/mol. The average molecular weight is 276 g/mol. The maximum absolute atomic E-state index is 9.46. The normalized spacial score (nSPS) is 44.0. The van der Waals surface area contributed by atoms with Gasteiger partial charge in [0.2, 0.25) is 0 Å². The van der Waals surface area contributed by atoms with Crippen LogP contribution in [-0.4, -0.2) is 11.7 Å². The molecule has 1 nitrogen and oxygen atoms in total. The Hall–Kier alpha value is -0.300. The van der Waals surface area contributed by atoms with E-state index in [2.05, 4.69) is 26.8 Å². The summed E-state index contributed by atoms with van der Waals surface area (Å²) in [5.41, 5.74) is 2.38. The van der Waals surface area contributed by atoms with E-state index in [4.69, 9.17) is 0 Å². The Morgan fingerprint density at radius 1 is 1.15 bits per heavy atom. The van der Waals surface area contributed by atoms with Crippen LogP contribution in [-0.2, 0) is 0 Å². The highest BCUT2D eigenvalue weighted by atomic mass is 16.3. The Balaban J connectivity index is 1.89. The summed E-state index contributed by atoms with van der Waals surface area (Å²) in [7, 11) is 0. The summed E-state index contributed by atoms with van der Waals surface area (Å²) in [4.78, 5) is 0. The van der Waals surface area contributed by atoms with Crippen LogP contribution in [0.3, 0.4) is 0 Å². The van der Waals surface area contributed by atoms with Gasteiger partial charge in [-0.25, -0.2) is 0 Å². The maximum atomic E-state index is 9.46. The van der Waals surface area contributed by atoms with Gasteiger partial charge in [0, 0.05) is 0 Å². The first-order chi connectivity index (χ1) is 9.47. The van der Waals surface area contributed by atoms with Crippen molar-refractivity contribution >= 4 is 0 Å². The van der Waals surface area contributed by atoms with Gasteiger partial charge in [-0.3, -0.25) is 0 Å². The van der Waals surface area contributed by atoms with Crippen molar-refractivity contribution in [3.8, 4) is 0 Å². The van der Waals surface area contributed by atoms with Crippen LogP contribution in [0.5, 0.6) is 0 Å². The molecule has 0 aromatic heterocycles. The predicted octanol–water partition coefficient (Wildman–Crippen LogP) is 4.95. The van der Waals surface area contributed by atoms with E-state index in [0.29, 0.717) is 10.8 Å². The molecular weight excluding hydrogens is 244 g/mol. The number of aliphatic hydroxyl groups excluding tert-OH is 1. The van der Waals surface area contributed by atoms with Crippen molar-refractivity contribution in [3.63, 3.8) is 0 Å². The first-order valence-corrected chi connectivity index (χ1v) is 8.76. The second-order valence-corrected chi connectivity index (χ2v) is 8.64. The minimum Gasteiger partial charge on any atom is -0.392 e. The van der Waals surface area contributed by atoms with E-state index in [1.54, 1.807) is 0 Å². The van der Waals surface area contributed by atoms with Gasteiger partial charge < -0.3 is 5.11 Å². The lowest BCUT2D eigenvalue weighted by molar-refractivity contribution is -0.0961. The van der Waals surface area contributed by atoms with Crippen LogP contribution >= 0.6 is 0 Å². The Morgan fingerprint density at radius 3 is 2.70 bits per heavy atom. The minimum atomic E-state index is 0.283. The Labute approximate surface area is 124 Å². The summed E-state index contributed by atoms with van der Waals surface area (Å²) >= 11 is 0. The van der Waals surface area contributed by atoms with Crippen molar-refractivity contribution < 1.29 is 5.11 Å². The number of allylic oxidation sites excluding steroid dienone is 1. The standard InChI is InChI=1S/C19H32O/c1-18(2)11-4-12-19(3)16-9-6-14(13-20)5-7-15(16)8-10-17(18)19/h6,15-17,20H,4-5,7-13H2,1-3H3. The van der Waals surface area contributed by atoms with Gasteiger partial charge >= 0.3 is 0 Å². The summed E-state index contributed by atoms with van der Waals surface area (Å²) < 4.78 is 0. The van der Waals surface area contributed by atoms with E-state index in [1.807, 2.05) is 0 Å². The average Bonchev–Trinajstić information content (AvgIpc) is 2.60. The van der Waals surface area contributed by atoms with E-state index in [0.717, 1.165) is 24.2 Å². The molecule has 2 saturated carbocycles. The van der Waals surface area contributed by atoms with E-state index < -0.39 is 0 Å². The van der Waals surface area contributed by atoms with Crippen molar-refractivity contribution in [2.45, 2.75) is 72.1 Å². The Morgan fingerprint density at radius 2 is 1.95 bits per heavy atom. The van der Waals surface area contributed by atoms with Gasteiger partial charge in [-0.15, -0.1) is 0 Å². The molecule has 0 spiro atoms. The number of fused-ring (bicyclic) bond motifs is 3. The number of rotatable bonds is 1. The van der Waals surface area contributed by atoms with Crippen molar-refractivity contribution in [2.75, 3.05) is 6.61 Å². The van der Waals surface area contributed by atoms with Gasteiger partial charge in [-0.1, -0.05) is 33.3 Å². The molecule has 4 atom stereocenters. The summed E-state index contributed by atoms with van der Waals surface area (Å²) in [6, 6.07) is 0. The molecule has 0 aliphatic heterocycles. The van der Waals surface area contributed by atoms with Crippen LogP contribution in [0.4, 0.5) is 0 Å². The molecule has 1 heteroatoms. The van der Waals surface area contributed by atoms with E-state index in [1.165, 1.54) is 50.5 Å². The maximum Gasteiger partial charge on any atom is 0.0641 e. The fourth-order valence-corrected chi connectivity index (χ4v) is 6.17. The molecule has 2 fully saturated rings. The second kappa shape index (κ2) is 5.16. The molecule has 0 aromatic rings. The first-order valence-electron chi connectivity index (χ1n) is 8.76. The zero-order chi connectivity index (χ0) is 14.4. The minimum absolute atomic E-state index is 0.283. The highest BCUT2D eigenvalue weighted by molar-refractivity contribution is 5.11. The summed E-state index contributed by atoms with van der Waals surface area (Å²) in [5, 5.41) is 9.46. The lowest BCUT2D eigenvalue weighted by Gasteiger charge is -2.59. The summed E-state index contributed by atoms with van der Waals surface area (Å²) in [6.45, 7) is 7.92. The van der Waals surface area contributed by atoms with Crippen LogP contribution in [0.2, 0.25) is 0 Å². The van der Waals surface area contributed by atoms with Gasteiger partial charge in [-0.05, 0) is 79.1 Å². The third-order valence-electron chi connectivity index (χ3n) is 7.22. The van der Waals surface area contributed by atoms with Crippen molar-refractivity contribution in [3.05, 3.63) is 11.6 Å². The van der Waals surface area contributed by atoms with E-state index in [-0.39, 0.29) is 6.61 Å². The molecule has 0 saturated heterocycles. The van der Waals surface area contributed by atoms with Crippen molar-refractivity contribution in [2.24, 2.45) is 28.6 Å². The topological polar surface area (TPSA) is 20.2 Å². The zero-order valence-electron chi connectivity index (χ0n) is 13.6. The highest BCUT2D eigenvalue weighted by Crippen LogP contribution is 2.62. The molecule has 4 unspecified atom stereocenters. The van der Waals surface area contributed by atoms with Gasteiger partial charge in [0.05, 0.1) is 6.61 Å². The molecule has 114 valence electrons. The predicted molar refractivity (Wildman–Crippen MR) is 84.5 cm³/mol. The van der Waals surface area contributed by atoms with Gasteiger partial charge in [0.1, 0.15) is 0 Å².